The summed E-state index contributed by atoms with van der Waals surface area (Å²) in [6.45, 7) is 2.08. The highest BCUT2D eigenvalue weighted by Crippen LogP contribution is 2.29. The lowest BCUT2D eigenvalue weighted by atomic mass is 10.2. The van der Waals surface area contributed by atoms with Gasteiger partial charge in [-0.2, -0.15) is 0 Å². The molecule has 0 aromatic carbocycles. The van der Waals surface area contributed by atoms with Crippen LogP contribution in [0.25, 0.3) is 0 Å². The number of sulfone groups is 1. The topological polar surface area (TPSA) is 46.2 Å². The van der Waals surface area contributed by atoms with E-state index in [9.17, 15) is 8.42 Å². The predicted octanol–water partition coefficient (Wildman–Crippen LogP) is 0.704. The lowest BCUT2D eigenvalue weighted by Gasteiger charge is -2.18. The molecule has 13 heavy (non-hydrogen) atoms. The molecule has 76 valence electrons. The minimum atomic E-state index is -2.79. The second kappa shape index (κ2) is 3.24. The monoisotopic (exact) mass is 203 g/mol. The molecule has 0 amide bonds. The first-order valence-corrected chi connectivity index (χ1v) is 6.79. The normalized spacial score (nSPS) is 43.9. The second-order valence-electron chi connectivity index (χ2n) is 4.30. The summed E-state index contributed by atoms with van der Waals surface area (Å²) in [6.07, 6.45) is 3.74. The van der Waals surface area contributed by atoms with E-state index < -0.39 is 9.84 Å². The van der Waals surface area contributed by atoms with Crippen molar-refractivity contribution < 1.29 is 8.42 Å². The molecule has 4 heteroatoms. The highest BCUT2D eigenvalue weighted by molar-refractivity contribution is 7.92. The van der Waals surface area contributed by atoms with Crippen LogP contribution in [0.5, 0.6) is 0 Å². The van der Waals surface area contributed by atoms with Crippen LogP contribution < -0.4 is 5.32 Å². The van der Waals surface area contributed by atoms with Crippen molar-refractivity contribution >= 4 is 9.84 Å². The van der Waals surface area contributed by atoms with E-state index >= 15 is 0 Å². The van der Waals surface area contributed by atoms with Crippen LogP contribution in [0.4, 0.5) is 0 Å². The molecule has 2 fully saturated rings. The highest BCUT2D eigenvalue weighted by Gasteiger charge is 2.39. The van der Waals surface area contributed by atoms with Gasteiger partial charge >= 0.3 is 0 Å². The number of rotatable bonds is 0. The summed E-state index contributed by atoms with van der Waals surface area (Å²) < 4.78 is 23.6. The molecule has 1 aliphatic carbocycles. The van der Waals surface area contributed by atoms with E-state index in [0.29, 0.717) is 11.8 Å². The first-order chi connectivity index (χ1) is 6.09. The number of nitrogens with one attached hydrogen (secondary N) is 1. The lowest BCUT2D eigenvalue weighted by Crippen LogP contribution is -2.40. The van der Waals surface area contributed by atoms with Gasteiger partial charge in [-0.05, 0) is 26.2 Å². The van der Waals surface area contributed by atoms with E-state index in [0.717, 1.165) is 25.7 Å². The molecule has 1 aliphatic heterocycles. The van der Waals surface area contributed by atoms with Crippen molar-refractivity contribution in [2.24, 2.45) is 0 Å². The van der Waals surface area contributed by atoms with Crippen LogP contribution in [0, 0.1) is 0 Å². The SMILES string of the molecule is CC1CCS(=O)(=O)C2CCCC2N1. The fourth-order valence-corrected chi connectivity index (χ4v) is 4.71. The third-order valence-corrected chi connectivity index (χ3v) is 5.54. The molecule has 0 aromatic heterocycles. The average Bonchev–Trinajstić information content (AvgIpc) is 2.46. The van der Waals surface area contributed by atoms with Crippen LogP contribution in [-0.4, -0.2) is 31.5 Å². The largest absolute Gasteiger partial charge is 0.310 e. The Bertz CT molecular complexity index is 286. The van der Waals surface area contributed by atoms with Crippen molar-refractivity contribution in [3.8, 4) is 0 Å². The van der Waals surface area contributed by atoms with Gasteiger partial charge in [0.25, 0.3) is 0 Å². The summed E-state index contributed by atoms with van der Waals surface area (Å²) >= 11 is 0. The number of fused-ring (bicyclic) bond motifs is 1. The quantitative estimate of drug-likeness (QED) is 0.630. The van der Waals surface area contributed by atoms with Gasteiger partial charge < -0.3 is 5.32 Å². The Kier molecular flexibility index (Phi) is 2.36. The van der Waals surface area contributed by atoms with Crippen LogP contribution in [-0.2, 0) is 9.84 Å². The van der Waals surface area contributed by atoms with E-state index in [2.05, 4.69) is 12.2 Å². The Balaban J connectivity index is 2.25. The third kappa shape index (κ3) is 1.74. The van der Waals surface area contributed by atoms with E-state index in [1.165, 1.54) is 0 Å². The molecule has 1 heterocycles. The molecular formula is C9H17NO2S. The molecule has 1 saturated carbocycles. The summed E-state index contributed by atoms with van der Waals surface area (Å²) in [6, 6.07) is 0.602. The third-order valence-electron chi connectivity index (χ3n) is 3.25. The molecule has 3 unspecified atom stereocenters. The fraction of sp³-hybridized carbons (Fsp3) is 1.00. The Morgan fingerprint density at radius 1 is 1.23 bits per heavy atom. The maximum absolute atomic E-state index is 11.8. The van der Waals surface area contributed by atoms with Crippen LogP contribution in [0.1, 0.15) is 32.6 Å². The van der Waals surface area contributed by atoms with Gasteiger partial charge in [0, 0.05) is 12.1 Å². The molecule has 3 atom stereocenters. The maximum Gasteiger partial charge on any atom is 0.154 e. The molecule has 1 saturated heterocycles. The molecule has 3 nitrogen and oxygen atoms in total. The average molecular weight is 203 g/mol. The van der Waals surface area contributed by atoms with Gasteiger partial charge in [0.2, 0.25) is 0 Å². The van der Waals surface area contributed by atoms with Crippen LogP contribution in [0.3, 0.4) is 0 Å². The standard InChI is InChI=1S/C9H17NO2S/c1-7-5-6-13(11,12)9-4-2-3-8(9)10-7/h7-10H,2-6H2,1H3. The molecule has 2 aliphatic rings. The molecule has 0 spiro atoms. The summed E-state index contributed by atoms with van der Waals surface area (Å²) in [5.41, 5.74) is 0. The number of hydrogen-bond acceptors (Lipinski definition) is 3. The first kappa shape index (κ1) is 9.46. The molecule has 2 rings (SSSR count). The number of hydrogen-bond donors (Lipinski definition) is 1. The van der Waals surface area contributed by atoms with Gasteiger partial charge in [-0.15, -0.1) is 0 Å². The highest BCUT2D eigenvalue weighted by atomic mass is 32.2. The molecular weight excluding hydrogens is 186 g/mol. The Hall–Kier alpha value is -0.0900. The van der Waals surface area contributed by atoms with Gasteiger partial charge in [0.1, 0.15) is 0 Å². The zero-order valence-corrected chi connectivity index (χ0v) is 8.81. The molecule has 0 bridgehead atoms. The van der Waals surface area contributed by atoms with E-state index in [-0.39, 0.29) is 11.3 Å². The zero-order valence-electron chi connectivity index (χ0n) is 7.99. The fourth-order valence-electron chi connectivity index (χ4n) is 2.49. The van der Waals surface area contributed by atoms with Crippen molar-refractivity contribution in [3.05, 3.63) is 0 Å². The van der Waals surface area contributed by atoms with Crippen LogP contribution in [0.2, 0.25) is 0 Å². The van der Waals surface area contributed by atoms with Gasteiger partial charge in [-0.25, -0.2) is 8.42 Å². The molecule has 0 aromatic rings. The minimum Gasteiger partial charge on any atom is -0.310 e. The van der Waals surface area contributed by atoms with E-state index in [4.69, 9.17) is 0 Å². The van der Waals surface area contributed by atoms with E-state index in [1.54, 1.807) is 0 Å². The summed E-state index contributed by atoms with van der Waals surface area (Å²) in [4.78, 5) is 0. The lowest BCUT2D eigenvalue weighted by molar-refractivity contribution is 0.456. The van der Waals surface area contributed by atoms with Crippen molar-refractivity contribution in [1.29, 1.82) is 0 Å². The van der Waals surface area contributed by atoms with Crippen LogP contribution >= 0.6 is 0 Å². The summed E-state index contributed by atoms with van der Waals surface area (Å²) in [5, 5.41) is 3.33. The Morgan fingerprint density at radius 2 is 2.00 bits per heavy atom. The first-order valence-electron chi connectivity index (χ1n) is 5.07. The van der Waals surface area contributed by atoms with Gasteiger partial charge in [-0.1, -0.05) is 6.42 Å². The van der Waals surface area contributed by atoms with Crippen molar-refractivity contribution in [2.75, 3.05) is 5.75 Å². The smallest absolute Gasteiger partial charge is 0.154 e. The Labute approximate surface area is 79.8 Å². The molecule has 0 radical (unpaired) electrons. The molecule has 1 N–H and O–H groups in total. The predicted molar refractivity (Wildman–Crippen MR) is 52.4 cm³/mol. The van der Waals surface area contributed by atoms with Crippen LogP contribution in [0.15, 0.2) is 0 Å². The van der Waals surface area contributed by atoms with Gasteiger partial charge in [-0.3, -0.25) is 0 Å². The van der Waals surface area contributed by atoms with Crippen molar-refractivity contribution in [1.82, 2.24) is 5.32 Å². The van der Waals surface area contributed by atoms with E-state index in [1.807, 2.05) is 0 Å². The van der Waals surface area contributed by atoms with Crippen molar-refractivity contribution in [3.63, 3.8) is 0 Å². The summed E-state index contributed by atoms with van der Waals surface area (Å²) in [7, 11) is -2.79. The maximum atomic E-state index is 11.8. The Morgan fingerprint density at radius 3 is 2.77 bits per heavy atom. The minimum absolute atomic E-state index is 0.0857. The van der Waals surface area contributed by atoms with Gasteiger partial charge in [0.05, 0.1) is 11.0 Å². The second-order valence-corrected chi connectivity index (χ2v) is 6.64. The summed E-state index contributed by atoms with van der Waals surface area (Å²) in [5.74, 6) is 0.377. The van der Waals surface area contributed by atoms with Gasteiger partial charge in [0.15, 0.2) is 9.84 Å². The zero-order chi connectivity index (χ0) is 9.47. The van der Waals surface area contributed by atoms with Crippen molar-refractivity contribution in [2.45, 2.75) is 49.9 Å².